The van der Waals surface area contributed by atoms with E-state index in [1.165, 1.54) is 11.8 Å². The van der Waals surface area contributed by atoms with Crippen molar-refractivity contribution in [3.63, 3.8) is 0 Å². The minimum Gasteiger partial charge on any atom is -0.392 e. The van der Waals surface area contributed by atoms with E-state index in [-0.39, 0.29) is 6.61 Å². The van der Waals surface area contributed by atoms with Gasteiger partial charge in [0.25, 0.3) is 0 Å². The standard InChI is InChI=1S/C14H23NO3S/c1-14(2,19(3,17)18)11-15-9-8-12-4-6-13(10-16)7-5-12/h4-7,15-16H,8-11H2,1-3H3. The Morgan fingerprint density at radius 3 is 2.16 bits per heavy atom. The lowest BCUT2D eigenvalue weighted by Gasteiger charge is -2.22. The Hall–Kier alpha value is -0.910. The monoisotopic (exact) mass is 285 g/mol. The van der Waals surface area contributed by atoms with E-state index < -0.39 is 14.6 Å². The molecular weight excluding hydrogens is 262 g/mol. The molecule has 108 valence electrons. The summed E-state index contributed by atoms with van der Waals surface area (Å²) in [6.07, 6.45) is 2.11. The van der Waals surface area contributed by atoms with Crippen LogP contribution in [-0.4, -0.2) is 37.6 Å². The quantitative estimate of drug-likeness (QED) is 0.737. The lowest BCUT2D eigenvalue weighted by molar-refractivity contribution is 0.282. The molecule has 0 aliphatic heterocycles. The van der Waals surface area contributed by atoms with Gasteiger partial charge >= 0.3 is 0 Å². The smallest absolute Gasteiger partial charge is 0.153 e. The van der Waals surface area contributed by atoms with Gasteiger partial charge in [0.15, 0.2) is 9.84 Å². The Kier molecular flexibility index (Phi) is 5.52. The summed E-state index contributed by atoms with van der Waals surface area (Å²) in [5, 5.41) is 12.1. The third kappa shape index (κ3) is 4.93. The van der Waals surface area contributed by atoms with Gasteiger partial charge < -0.3 is 10.4 Å². The second-order valence-corrected chi connectivity index (χ2v) is 8.08. The van der Waals surface area contributed by atoms with Gasteiger partial charge in [0, 0.05) is 12.8 Å². The summed E-state index contributed by atoms with van der Waals surface area (Å²) < 4.78 is 22.3. The van der Waals surface area contributed by atoms with E-state index in [2.05, 4.69) is 5.32 Å². The van der Waals surface area contributed by atoms with Crippen LogP contribution in [0.15, 0.2) is 24.3 Å². The van der Waals surface area contributed by atoms with Crippen molar-refractivity contribution in [3.8, 4) is 0 Å². The fraction of sp³-hybridized carbons (Fsp3) is 0.571. The molecule has 19 heavy (non-hydrogen) atoms. The lowest BCUT2D eigenvalue weighted by Crippen LogP contribution is -2.42. The van der Waals surface area contributed by atoms with Crippen LogP contribution in [0.2, 0.25) is 0 Å². The first-order valence-electron chi connectivity index (χ1n) is 6.35. The van der Waals surface area contributed by atoms with Gasteiger partial charge in [-0.1, -0.05) is 24.3 Å². The summed E-state index contributed by atoms with van der Waals surface area (Å²) in [6.45, 7) is 4.69. The zero-order chi connectivity index (χ0) is 14.5. The summed E-state index contributed by atoms with van der Waals surface area (Å²) in [7, 11) is -3.05. The minimum atomic E-state index is -3.05. The summed E-state index contributed by atoms with van der Waals surface area (Å²) in [5.41, 5.74) is 2.07. The van der Waals surface area contributed by atoms with Gasteiger partial charge in [-0.25, -0.2) is 8.42 Å². The van der Waals surface area contributed by atoms with E-state index in [0.717, 1.165) is 18.5 Å². The van der Waals surface area contributed by atoms with Gasteiger partial charge in [-0.05, 0) is 37.9 Å². The molecule has 1 rings (SSSR count). The van der Waals surface area contributed by atoms with Gasteiger partial charge in [0.2, 0.25) is 0 Å². The molecule has 1 aromatic rings. The van der Waals surface area contributed by atoms with E-state index in [1.54, 1.807) is 13.8 Å². The normalized spacial score (nSPS) is 12.6. The molecule has 2 N–H and O–H groups in total. The Labute approximate surface area is 115 Å². The molecule has 0 bridgehead atoms. The van der Waals surface area contributed by atoms with Crippen molar-refractivity contribution in [3.05, 3.63) is 35.4 Å². The van der Waals surface area contributed by atoms with Crippen LogP contribution in [0.3, 0.4) is 0 Å². The second kappa shape index (κ2) is 6.50. The number of rotatable bonds is 7. The number of hydrogen-bond donors (Lipinski definition) is 2. The summed E-state index contributed by atoms with van der Waals surface area (Å²) >= 11 is 0. The fourth-order valence-corrected chi connectivity index (χ4v) is 1.93. The molecule has 5 heteroatoms. The largest absolute Gasteiger partial charge is 0.392 e. The number of aliphatic hydroxyl groups excluding tert-OH is 1. The fourth-order valence-electron chi connectivity index (χ4n) is 1.56. The van der Waals surface area contributed by atoms with E-state index in [0.29, 0.717) is 6.54 Å². The van der Waals surface area contributed by atoms with Crippen LogP contribution in [0.4, 0.5) is 0 Å². The van der Waals surface area contributed by atoms with E-state index in [1.807, 2.05) is 24.3 Å². The SMILES string of the molecule is CC(C)(CNCCc1ccc(CO)cc1)S(C)(=O)=O. The summed E-state index contributed by atoms with van der Waals surface area (Å²) in [6, 6.07) is 7.76. The van der Waals surface area contributed by atoms with Crippen molar-refractivity contribution in [1.82, 2.24) is 5.32 Å². The van der Waals surface area contributed by atoms with Crippen LogP contribution < -0.4 is 5.32 Å². The molecular formula is C14H23NO3S. The molecule has 0 saturated heterocycles. The average Bonchev–Trinajstić information content (AvgIpc) is 2.34. The highest BCUT2D eigenvalue weighted by atomic mass is 32.2. The summed E-state index contributed by atoms with van der Waals surface area (Å²) in [5.74, 6) is 0. The molecule has 0 aliphatic rings. The predicted molar refractivity (Wildman–Crippen MR) is 77.9 cm³/mol. The summed E-state index contributed by atoms with van der Waals surface area (Å²) in [4.78, 5) is 0. The molecule has 0 radical (unpaired) electrons. The van der Waals surface area contributed by atoms with Gasteiger partial charge in [-0.3, -0.25) is 0 Å². The van der Waals surface area contributed by atoms with Crippen LogP contribution in [0.1, 0.15) is 25.0 Å². The second-order valence-electron chi connectivity index (χ2n) is 5.43. The molecule has 0 aromatic heterocycles. The van der Waals surface area contributed by atoms with Crippen molar-refractivity contribution < 1.29 is 13.5 Å². The third-order valence-corrected chi connectivity index (χ3v) is 5.50. The number of benzene rings is 1. The minimum absolute atomic E-state index is 0.0566. The van der Waals surface area contributed by atoms with Crippen molar-refractivity contribution >= 4 is 9.84 Å². The van der Waals surface area contributed by atoms with Crippen LogP contribution in [0, 0.1) is 0 Å². The van der Waals surface area contributed by atoms with Crippen molar-refractivity contribution in [2.45, 2.75) is 31.6 Å². The van der Waals surface area contributed by atoms with Crippen LogP contribution in [0.25, 0.3) is 0 Å². The van der Waals surface area contributed by atoms with E-state index >= 15 is 0 Å². The highest BCUT2D eigenvalue weighted by Crippen LogP contribution is 2.13. The molecule has 1 aromatic carbocycles. The number of nitrogens with one attached hydrogen (secondary N) is 1. The number of aliphatic hydroxyl groups is 1. The first-order chi connectivity index (χ1) is 8.76. The predicted octanol–water partition coefficient (Wildman–Crippen LogP) is 1.13. The Morgan fingerprint density at radius 2 is 1.68 bits per heavy atom. The molecule has 4 nitrogen and oxygen atoms in total. The van der Waals surface area contributed by atoms with Crippen LogP contribution in [0.5, 0.6) is 0 Å². The molecule has 0 atom stereocenters. The van der Waals surface area contributed by atoms with Crippen molar-refractivity contribution in [1.29, 1.82) is 0 Å². The van der Waals surface area contributed by atoms with E-state index in [9.17, 15) is 8.42 Å². The maximum absolute atomic E-state index is 11.5. The van der Waals surface area contributed by atoms with Crippen molar-refractivity contribution in [2.24, 2.45) is 0 Å². The molecule has 0 spiro atoms. The topological polar surface area (TPSA) is 66.4 Å². The lowest BCUT2D eigenvalue weighted by atomic mass is 10.1. The van der Waals surface area contributed by atoms with Crippen LogP contribution in [-0.2, 0) is 22.9 Å². The Morgan fingerprint density at radius 1 is 1.16 bits per heavy atom. The maximum atomic E-state index is 11.5. The molecule has 0 aliphatic carbocycles. The zero-order valence-electron chi connectivity index (χ0n) is 11.8. The van der Waals surface area contributed by atoms with Crippen LogP contribution >= 0.6 is 0 Å². The van der Waals surface area contributed by atoms with Gasteiger partial charge in [0.05, 0.1) is 11.4 Å². The number of sulfone groups is 1. The molecule has 0 saturated carbocycles. The first-order valence-corrected chi connectivity index (χ1v) is 8.24. The van der Waals surface area contributed by atoms with Gasteiger partial charge in [0.1, 0.15) is 0 Å². The Bertz CT molecular complexity index is 492. The third-order valence-electron chi connectivity index (χ3n) is 3.35. The number of hydrogen-bond acceptors (Lipinski definition) is 4. The maximum Gasteiger partial charge on any atom is 0.153 e. The highest BCUT2D eigenvalue weighted by Gasteiger charge is 2.29. The Balaban J connectivity index is 2.39. The van der Waals surface area contributed by atoms with Crippen molar-refractivity contribution in [2.75, 3.05) is 19.3 Å². The van der Waals surface area contributed by atoms with Gasteiger partial charge in [-0.15, -0.1) is 0 Å². The zero-order valence-corrected chi connectivity index (χ0v) is 12.6. The van der Waals surface area contributed by atoms with Gasteiger partial charge in [-0.2, -0.15) is 0 Å². The average molecular weight is 285 g/mol. The first kappa shape index (κ1) is 16.1. The highest BCUT2D eigenvalue weighted by molar-refractivity contribution is 7.92. The van der Waals surface area contributed by atoms with E-state index in [4.69, 9.17) is 5.11 Å². The molecule has 0 amide bonds. The molecule has 0 fully saturated rings. The molecule has 0 heterocycles. The molecule has 0 unspecified atom stereocenters.